The Morgan fingerprint density at radius 3 is 2.48 bits per heavy atom. The highest BCUT2D eigenvalue weighted by Gasteiger charge is 2.37. The zero-order valence-electron chi connectivity index (χ0n) is 24.0. The van der Waals surface area contributed by atoms with Gasteiger partial charge in [0.2, 0.25) is 0 Å². The lowest BCUT2D eigenvalue weighted by Crippen LogP contribution is -2.39. The minimum atomic E-state index is -1.18. The fourth-order valence-corrected chi connectivity index (χ4v) is 5.50. The monoisotopic (exact) mass is 575 g/mol. The zero-order valence-corrected chi connectivity index (χ0v) is 24.0. The maximum absolute atomic E-state index is 12.2. The number of ether oxygens (including phenoxy) is 1. The number of nitrogens with zero attached hydrogens (tertiary/aromatic N) is 8. The van der Waals surface area contributed by atoms with Crippen LogP contribution in [0.1, 0.15) is 75.3 Å². The summed E-state index contributed by atoms with van der Waals surface area (Å²) in [7, 11) is 0. The molecule has 0 unspecified atom stereocenters. The summed E-state index contributed by atoms with van der Waals surface area (Å²) in [5, 5.41) is 18.8. The van der Waals surface area contributed by atoms with Crippen molar-refractivity contribution in [2.75, 3.05) is 25.4 Å². The Bertz CT molecular complexity index is 1680. The van der Waals surface area contributed by atoms with Crippen molar-refractivity contribution in [2.24, 2.45) is 0 Å². The predicted octanol–water partition coefficient (Wildman–Crippen LogP) is 3.86. The molecule has 220 valence electrons. The van der Waals surface area contributed by atoms with Crippen LogP contribution in [0.3, 0.4) is 0 Å². The molecule has 1 aliphatic heterocycles. The number of aromatic nitrogens is 7. The quantitative estimate of drug-likeness (QED) is 0.338. The van der Waals surface area contributed by atoms with Crippen LogP contribution in [0.2, 0.25) is 0 Å². The summed E-state index contributed by atoms with van der Waals surface area (Å²) in [6.45, 7) is 8.33. The number of piperidine rings is 1. The number of likely N-dealkylation sites (tertiary alicyclic amines) is 1. The summed E-state index contributed by atoms with van der Waals surface area (Å²) in [4.78, 5) is 42.8. The topological polar surface area (TPSA) is 188 Å². The second kappa shape index (κ2) is 10.3. The SMILES string of the molecule is Cc1nc(-c2c(-c3nn(C(C)(C)C)c4ncnc(N)c34)noc2C2CC2)ncc1C1CCN(C(=O)OCC(=O)O)CC1. The molecule has 0 atom stereocenters. The van der Waals surface area contributed by atoms with Crippen LogP contribution in [0.15, 0.2) is 17.0 Å². The van der Waals surface area contributed by atoms with Gasteiger partial charge >= 0.3 is 12.1 Å². The molecule has 3 N–H and O–H groups in total. The van der Waals surface area contributed by atoms with Crippen LogP contribution in [0.25, 0.3) is 33.8 Å². The molecule has 1 amide bonds. The highest BCUT2D eigenvalue weighted by Crippen LogP contribution is 2.48. The molecule has 0 radical (unpaired) electrons. The molecule has 0 aromatic carbocycles. The van der Waals surface area contributed by atoms with Crippen LogP contribution in [-0.4, -0.2) is 76.6 Å². The van der Waals surface area contributed by atoms with Gasteiger partial charge in [0.25, 0.3) is 0 Å². The molecule has 2 aliphatic rings. The second-order valence-electron chi connectivity index (χ2n) is 11.9. The average Bonchev–Trinajstić information content (AvgIpc) is 3.56. The minimum Gasteiger partial charge on any atom is -0.479 e. The number of carboxylic acid groups (broad SMARTS) is 1. The lowest BCUT2D eigenvalue weighted by Gasteiger charge is -2.31. The first kappa shape index (κ1) is 27.5. The van der Waals surface area contributed by atoms with E-state index < -0.39 is 18.7 Å². The number of nitrogens with two attached hydrogens (primary N) is 1. The summed E-state index contributed by atoms with van der Waals surface area (Å²) in [5.41, 5.74) is 10.1. The zero-order chi connectivity index (χ0) is 29.8. The van der Waals surface area contributed by atoms with Crippen molar-refractivity contribution in [3.8, 4) is 22.8 Å². The Labute approximate surface area is 241 Å². The van der Waals surface area contributed by atoms with Gasteiger partial charge < -0.3 is 25.0 Å². The van der Waals surface area contributed by atoms with Crippen LogP contribution in [0.5, 0.6) is 0 Å². The number of anilines is 1. The molecule has 14 heteroatoms. The molecule has 4 aromatic heterocycles. The van der Waals surface area contributed by atoms with Gasteiger partial charge in [-0.1, -0.05) is 5.16 Å². The van der Waals surface area contributed by atoms with E-state index in [-0.39, 0.29) is 17.4 Å². The summed E-state index contributed by atoms with van der Waals surface area (Å²) in [5.74, 6) is 0.741. The summed E-state index contributed by atoms with van der Waals surface area (Å²) in [6, 6.07) is 0. The third kappa shape index (κ3) is 5.01. The fourth-order valence-electron chi connectivity index (χ4n) is 5.50. The summed E-state index contributed by atoms with van der Waals surface area (Å²) >= 11 is 0. The number of hydrogen-bond acceptors (Lipinski definition) is 11. The molecular weight excluding hydrogens is 542 g/mol. The molecule has 1 saturated carbocycles. The Balaban J connectivity index is 1.34. The van der Waals surface area contributed by atoms with Crippen LogP contribution in [-0.2, 0) is 15.1 Å². The number of hydrogen-bond donors (Lipinski definition) is 2. The van der Waals surface area contributed by atoms with E-state index in [4.69, 9.17) is 35.2 Å². The number of rotatable bonds is 6. The van der Waals surface area contributed by atoms with E-state index in [0.29, 0.717) is 65.6 Å². The van der Waals surface area contributed by atoms with E-state index in [1.165, 1.54) is 11.2 Å². The van der Waals surface area contributed by atoms with Crippen molar-refractivity contribution in [1.29, 1.82) is 0 Å². The molecule has 1 saturated heterocycles. The van der Waals surface area contributed by atoms with Crippen molar-refractivity contribution in [3.05, 3.63) is 29.5 Å². The molecule has 6 rings (SSSR count). The molecule has 2 fully saturated rings. The van der Waals surface area contributed by atoms with E-state index in [1.54, 1.807) is 0 Å². The normalized spacial score (nSPS) is 16.2. The maximum Gasteiger partial charge on any atom is 0.410 e. The third-order valence-electron chi connectivity index (χ3n) is 7.77. The second-order valence-corrected chi connectivity index (χ2v) is 11.9. The van der Waals surface area contributed by atoms with Crippen molar-refractivity contribution in [3.63, 3.8) is 0 Å². The first-order chi connectivity index (χ1) is 20.0. The first-order valence-electron chi connectivity index (χ1n) is 14.0. The molecule has 42 heavy (non-hydrogen) atoms. The van der Waals surface area contributed by atoms with Gasteiger partial charge in [0.1, 0.15) is 23.5 Å². The average molecular weight is 576 g/mol. The van der Waals surface area contributed by atoms with Crippen molar-refractivity contribution in [1.82, 2.24) is 39.8 Å². The largest absolute Gasteiger partial charge is 0.479 e. The van der Waals surface area contributed by atoms with Gasteiger partial charge in [-0.05, 0) is 64.9 Å². The van der Waals surface area contributed by atoms with Gasteiger partial charge in [-0.15, -0.1) is 0 Å². The predicted molar refractivity (Wildman–Crippen MR) is 150 cm³/mol. The van der Waals surface area contributed by atoms with E-state index in [9.17, 15) is 9.59 Å². The molecule has 0 bridgehead atoms. The van der Waals surface area contributed by atoms with Gasteiger partial charge in [0.05, 0.1) is 16.5 Å². The molecule has 0 spiro atoms. The molecule has 4 aromatic rings. The number of carboxylic acids is 1. The molecule has 14 nitrogen and oxygen atoms in total. The number of fused-ring (bicyclic) bond motifs is 1. The maximum atomic E-state index is 12.2. The standard InChI is InChI=1S/C28H33N9O5/c1-14-17(15-7-9-36(10-8-15)27(40)41-12-18(38)39)11-30-25(33-14)19-22(35-42-23(19)16-5-6-16)21-20-24(29)31-13-32-26(20)37(34-21)28(2,3)4/h11,13,15-16H,5-10,12H2,1-4H3,(H,38,39)(H2,29,31,32). The molecule has 5 heterocycles. The van der Waals surface area contributed by atoms with E-state index in [1.807, 2.05) is 38.6 Å². The van der Waals surface area contributed by atoms with Crippen LogP contribution in [0, 0.1) is 6.92 Å². The molecule has 1 aliphatic carbocycles. The molecular formula is C28H33N9O5. The number of amides is 1. The summed E-state index contributed by atoms with van der Waals surface area (Å²) < 4.78 is 12.6. The lowest BCUT2D eigenvalue weighted by atomic mass is 9.89. The highest BCUT2D eigenvalue weighted by molar-refractivity contribution is 6.00. The van der Waals surface area contributed by atoms with Gasteiger partial charge in [-0.3, -0.25) is 0 Å². The minimum absolute atomic E-state index is 0.149. The van der Waals surface area contributed by atoms with Gasteiger partial charge in [0.15, 0.2) is 23.8 Å². The van der Waals surface area contributed by atoms with Gasteiger partial charge in [-0.2, -0.15) is 5.10 Å². The number of carbonyl (C=O) groups is 2. The number of aliphatic carboxylic acids is 1. The fraction of sp³-hybridized carbons (Fsp3) is 0.500. The van der Waals surface area contributed by atoms with Gasteiger partial charge in [0, 0.05) is 30.9 Å². The van der Waals surface area contributed by atoms with Crippen LogP contribution >= 0.6 is 0 Å². The Morgan fingerprint density at radius 2 is 1.83 bits per heavy atom. The lowest BCUT2D eigenvalue weighted by molar-refractivity contribution is -0.140. The Hall–Kier alpha value is -4.62. The van der Waals surface area contributed by atoms with Crippen LogP contribution < -0.4 is 5.73 Å². The Morgan fingerprint density at radius 1 is 1.10 bits per heavy atom. The first-order valence-corrected chi connectivity index (χ1v) is 14.0. The smallest absolute Gasteiger partial charge is 0.410 e. The third-order valence-corrected chi connectivity index (χ3v) is 7.77. The van der Waals surface area contributed by atoms with E-state index >= 15 is 0 Å². The number of aryl methyl sites for hydroxylation is 1. The van der Waals surface area contributed by atoms with Crippen molar-refractivity contribution in [2.45, 2.75) is 70.8 Å². The van der Waals surface area contributed by atoms with Crippen molar-refractivity contribution < 1.29 is 24.0 Å². The van der Waals surface area contributed by atoms with E-state index in [2.05, 4.69) is 15.1 Å². The number of nitrogen functional groups attached to an aromatic ring is 1. The van der Waals surface area contributed by atoms with Crippen molar-refractivity contribution >= 4 is 28.9 Å². The van der Waals surface area contributed by atoms with E-state index in [0.717, 1.165) is 29.9 Å². The Kier molecular flexibility index (Phi) is 6.78. The highest BCUT2D eigenvalue weighted by atomic mass is 16.6. The summed E-state index contributed by atoms with van der Waals surface area (Å²) in [6.07, 6.45) is 6.03. The number of carbonyl (C=O) groups excluding carboxylic acids is 1. The van der Waals surface area contributed by atoms with Crippen LogP contribution in [0.4, 0.5) is 10.6 Å². The van der Waals surface area contributed by atoms with Gasteiger partial charge in [-0.25, -0.2) is 34.2 Å².